The van der Waals surface area contributed by atoms with Gasteiger partial charge < -0.3 is 26.2 Å². The normalized spacial score (nSPS) is 35.4. The Balaban J connectivity index is 1.81. The van der Waals surface area contributed by atoms with E-state index in [9.17, 15) is 10.2 Å². The third kappa shape index (κ3) is 1.30. The van der Waals surface area contributed by atoms with Crippen LogP contribution >= 0.6 is 0 Å². The highest BCUT2D eigenvalue weighted by molar-refractivity contribution is 5.82. The van der Waals surface area contributed by atoms with E-state index in [1.54, 1.807) is 6.33 Å². The predicted molar refractivity (Wildman–Crippen MR) is 71.4 cm³/mol. The number of aliphatic hydroxyl groups excluding tert-OH is 2. The molecule has 6 N–H and O–H groups in total. The lowest BCUT2D eigenvalue weighted by Crippen LogP contribution is -2.22. The van der Waals surface area contributed by atoms with Gasteiger partial charge in [0.25, 0.3) is 0 Å². The minimum Gasteiger partial charge on any atom is -0.396 e. The van der Waals surface area contributed by atoms with Crippen molar-refractivity contribution in [1.82, 2.24) is 19.5 Å². The molecule has 8 heteroatoms. The van der Waals surface area contributed by atoms with Gasteiger partial charge in [0.05, 0.1) is 19.0 Å². The SMILES string of the molecule is Nc1nc(N)c2ncn([C@H]3C[C@H](O)[C@]4(CO)C[C@H]34)c2n1. The van der Waals surface area contributed by atoms with Crippen molar-refractivity contribution in [1.29, 1.82) is 0 Å². The number of anilines is 2. The number of rotatable bonds is 2. The van der Waals surface area contributed by atoms with Crippen LogP contribution < -0.4 is 11.5 Å². The third-order valence-corrected chi connectivity index (χ3v) is 4.89. The molecule has 0 spiro atoms. The maximum atomic E-state index is 10.2. The van der Waals surface area contributed by atoms with Crippen LogP contribution in [0.4, 0.5) is 11.8 Å². The van der Waals surface area contributed by atoms with Gasteiger partial charge in [-0.15, -0.1) is 0 Å². The molecule has 20 heavy (non-hydrogen) atoms. The first-order valence-corrected chi connectivity index (χ1v) is 6.61. The van der Waals surface area contributed by atoms with E-state index in [0.29, 0.717) is 17.6 Å². The molecule has 2 aliphatic rings. The molecule has 0 amide bonds. The molecule has 8 nitrogen and oxygen atoms in total. The zero-order valence-corrected chi connectivity index (χ0v) is 10.8. The van der Waals surface area contributed by atoms with Crippen LogP contribution in [0.15, 0.2) is 6.33 Å². The fraction of sp³-hybridized carbons (Fsp3) is 0.583. The second-order valence-electron chi connectivity index (χ2n) is 5.81. The second-order valence-corrected chi connectivity index (χ2v) is 5.81. The van der Waals surface area contributed by atoms with Crippen LogP contribution in [0.1, 0.15) is 18.9 Å². The number of nitrogen functional groups attached to an aromatic ring is 2. The van der Waals surface area contributed by atoms with Crippen molar-refractivity contribution < 1.29 is 10.2 Å². The molecule has 2 fully saturated rings. The summed E-state index contributed by atoms with van der Waals surface area (Å²) in [5.41, 5.74) is 12.2. The van der Waals surface area contributed by atoms with E-state index in [0.717, 1.165) is 6.42 Å². The number of nitrogens with zero attached hydrogens (tertiary/aromatic N) is 4. The highest BCUT2D eigenvalue weighted by atomic mass is 16.3. The van der Waals surface area contributed by atoms with Crippen LogP contribution in [0, 0.1) is 11.3 Å². The fourth-order valence-corrected chi connectivity index (χ4v) is 3.67. The lowest BCUT2D eigenvalue weighted by molar-refractivity contribution is 0.0600. The Bertz CT molecular complexity index is 701. The van der Waals surface area contributed by atoms with Crippen LogP contribution in [0.25, 0.3) is 11.2 Å². The molecule has 0 bridgehead atoms. The van der Waals surface area contributed by atoms with Crippen LogP contribution in [0.3, 0.4) is 0 Å². The summed E-state index contributed by atoms with van der Waals surface area (Å²) in [6.45, 7) is 0.0151. The fourth-order valence-electron chi connectivity index (χ4n) is 3.67. The Morgan fingerprint density at radius 1 is 1.40 bits per heavy atom. The summed E-state index contributed by atoms with van der Waals surface area (Å²) in [5, 5.41) is 19.7. The van der Waals surface area contributed by atoms with E-state index in [-0.39, 0.29) is 35.7 Å². The molecule has 2 aliphatic carbocycles. The van der Waals surface area contributed by atoms with E-state index < -0.39 is 6.10 Å². The zero-order valence-electron chi connectivity index (χ0n) is 10.8. The molecule has 0 saturated heterocycles. The van der Waals surface area contributed by atoms with Crippen LogP contribution in [0.2, 0.25) is 0 Å². The van der Waals surface area contributed by atoms with E-state index in [4.69, 9.17) is 11.5 Å². The summed E-state index contributed by atoms with van der Waals surface area (Å²) in [6, 6.07) is 0.0656. The highest BCUT2D eigenvalue weighted by Crippen LogP contribution is 2.67. The minimum atomic E-state index is -0.489. The molecule has 4 atom stereocenters. The van der Waals surface area contributed by atoms with Gasteiger partial charge in [0.15, 0.2) is 11.5 Å². The number of imidazole rings is 1. The predicted octanol–water partition coefficient (Wildman–Crippen LogP) is -0.705. The van der Waals surface area contributed by atoms with Gasteiger partial charge in [-0.05, 0) is 18.8 Å². The maximum Gasteiger partial charge on any atom is 0.224 e. The summed E-state index contributed by atoms with van der Waals surface area (Å²) >= 11 is 0. The zero-order chi connectivity index (χ0) is 14.1. The average molecular weight is 276 g/mol. The molecule has 2 aromatic heterocycles. The summed E-state index contributed by atoms with van der Waals surface area (Å²) in [4.78, 5) is 12.3. The van der Waals surface area contributed by atoms with Crippen molar-refractivity contribution in [2.45, 2.75) is 25.0 Å². The number of aliphatic hydroxyl groups is 2. The van der Waals surface area contributed by atoms with Crippen molar-refractivity contribution in [3.05, 3.63) is 6.33 Å². The first kappa shape index (κ1) is 11.9. The molecular formula is C12H16N6O2. The molecule has 0 aliphatic heterocycles. The lowest BCUT2D eigenvalue weighted by atomic mass is 10.0. The van der Waals surface area contributed by atoms with Gasteiger partial charge in [-0.2, -0.15) is 9.97 Å². The van der Waals surface area contributed by atoms with Crippen LogP contribution in [0.5, 0.6) is 0 Å². The van der Waals surface area contributed by atoms with Gasteiger partial charge in [0.2, 0.25) is 5.95 Å². The first-order chi connectivity index (χ1) is 9.56. The summed E-state index contributed by atoms with van der Waals surface area (Å²) in [5.74, 6) is 0.617. The van der Waals surface area contributed by atoms with Crippen LogP contribution in [-0.2, 0) is 0 Å². The molecule has 0 radical (unpaired) electrons. The largest absolute Gasteiger partial charge is 0.396 e. The summed E-state index contributed by atoms with van der Waals surface area (Å²) in [6.07, 6.45) is 2.58. The van der Waals surface area contributed by atoms with Crippen molar-refractivity contribution in [3.8, 4) is 0 Å². The Labute approximate surface area is 114 Å². The van der Waals surface area contributed by atoms with E-state index in [1.807, 2.05) is 4.57 Å². The monoisotopic (exact) mass is 276 g/mol. The summed E-state index contributed by atoms with van der Waals surface area (Å²) < 4.78 is 1.90. The minimum absolute atomic E-state index is 0.0151. The lowest BCUT2D eigenvalue weighted by Gasteiger charge is -2.16. The Morgan fingerprint density at radius 2 is 2.20 bits per heavy atom. The Kier molecular flexibility index (Phi) is 2.13. The average Bonchev–Trinajstić information content (AvgIpc) is 2.91. The van der Waals surface area contributed by atoms with Gasteiger partial charge in [0, 0.05) is 11.5 Å². The highest BCUT2D eigenvalue weighted by Gasteiger charge is 2.67. The molecule has 106 valence electrons. The van der Waals surface area contributed by atoms with Gasteiger partial charge in [-0.1, -0.05) is 0 Å². The third-order valence-electron chi connectivity index (χ3n) is 4.89. The first-order valence-electron chi connectivity index (χ1n) is 6.61. The van der Waals surface area contributed by atoms with Gasteiger partial charge in [0.1, 0.15) is 5.52 Å². The smallest absolute Gasteiger partial charge is 0.224 e. The van der Waals surface area contributed by atoms with Crippen molar-refractivity contribution in [3.63, 3.8) is 0 Å². The number of aromatic nitrogens is 4. The number of fused-ring (bicyclic) bond motifs is 2. The molecule has 2 heterocycles. The molecular weight excluding hydrogens is 260 g/mol. The number of hydrogen-bond acceptors (Lipinski definition) is 7. The second kappa shape index (κ2) is 3.58. The van der Waals surface area contributed by atoms with E-state index in [2.05, 4.69) is 15.0 Å². The van der Waals surface area contributed by atoms with Crippen molar-refractivity contribution in [2.24, 2.45) is 11.3 Å². The molecule has 0 aromatic carbocycles. The molecule has 2 saturated carbocycles. The summed E-state index contributed by atoms with van der Waals surface area (Å²) in [7, 11) is 0. The van der Waals surface area contributed by atoms with Crippen molar-refractivity contribution >= 4 is 22.9 Å². The molecule has 2 aromatic rings. The van der Waals surface area contributed by atoms with Crippen LogP contribution in [-0.4, -0.2) is 42.4 Å². The molecule has 0 unspecified atom stereocenters. The maximum absolute atomic E-state index is 10.2. The quantitative estimate of drug-likeness (QED) is 0.569. The molecule has 4 rings (SSSR count). The van der Waals surface area contributed by atoms with Gasteiger partial charge in [-0.3, -0.25) is 0 Å². The standard InChI is InChI=1S/C12H16N6O2/c13-9-8-10(17-11(14)16-9)18(4-15-8)6-1-7(20)12(3-19)2-5(6)12/h4-7,19-20H,1-3H2,(H4,13,14,16,17)/t5-,6+,7+,12+/m1/s1. The van der Waals surface area contributed by atoms with E-state index >= 15 is 0 Å². The van der Waals surface area contributed by atoms with Gasteiger partial charge >= 0.3 is 0 Å². The topological polar surface area (TPSA) is 136 Å². The Morgan fingerprint density at radius 3 is 2.85 bits per heavy atom. The number of hydrogen-bond donors (Lipinski definition) is 4. The van der Waals surface area contributed by atoms with Gasteiger partial charge in [-0.25, -0.2) is 4.98 Å². The van der Waals surface area contributed by atoms with Crippen molar-refractivity contribution in [2.75, 3.05) is 18.1 Å². The number of nitrogens with two attached hydrogens (primary N) is 2. The Hall–Kier alpha value is -1.93. The van der Waals surface area contributed by atoms with E-state index in [1.165, 1.54) is 0 Å².